The first kappa shape index (κ1) is 15.9. The largest absolute Gasteiger partial charge is 0.388 e. The molecule has 0 aliphatic heterocycles. The zero-order chi connectivity index (χ0) is 16.2. The molecule has 0 heterocycles. The van der Waals surface area contributed by atoms with Gasteiger partial charge in [-0.3, -0.25) is 19.7 Å². The summed E-state index contributed by atoms with van der Waals surface area (Å²) in [5, 5.41) is 25.3. The van der Waals surface area contributed by atoms with Gasteiger partial charge in [0, 0.05) is 24.4 Å². The normalized spacial score (nSPS) is 16.0. The molecule has 1 fully saturated rings. The van der Waals surface area contributed by atoms with Gasteiger partial charge >= 0.3 is 11.8 Å². The molecule has 118 valence electrons. The fourth-order valence-electron chi connectivity index (χ4n) is 2.39. The molecule has 0 saturated heterocycles. The van der Waals surface area contributed by atoms with Crippen LogP contribution in [0.15, 0.2) is 24.3 Å². The Hall–Kier alpha value is -2.48. The van der Waals surface area contributed by atoms with Crippen LogP contribution < -0.4 is 10.6 Å². The van der Waals surface area contributed by atoms with Crippen molar-refractivity contribution < 1.29 is 19.6 Å². The average Bonchev–Trinajstić information content (AvgIpc) is 2.92. The van der Waals surface area contributed by atoms with Crippen LogP contribution in [0.2, 0.25) is 0 Å². The Labute approximate surface area is 126 Å². The van der Waals surface area contributed by atoms with Gasteiger partial charge in [0.1, 0.15) is 0 Å². The van der Waals surface area contributed by atoms with Crippen LogP contribution in [0, 0.1) is 10.1 Å². The first-order chi connectivity index (χ1) is 10.4. The van der Waals surface area contributed by atoms with Crippen molar-refractivity contribution in [3.8, 4) is 0 Å². The Morgan fingerprint density at radius 3 is 2.32 bits per heavy atom. The number of anilines is 1. The second-order valence-corrected chi connectivity index (χ2v) is 5.37. The first-order valence-electron chi connectivity index (χ1n) is 6.96. The molecule has 0 aromatic heterocycles. The number of amides is 2. The lowest BCUT2D eigenvalue weighted by atomic mass is 10.0. The van der Waals surface area contributed by atoms with Gasteiger partial charge in [-0.2, -0.15) is 0 Å². The average molecular weight is 307 g/mol. The standard InChI is InChI=1S/C14H17N3O5/c18-12(15-9-14(20)7-1-2-8-14)13(19)16-10-3-5-11(6-4-10)17(21)22/h3-6,20H,1-2,7-9H2,(H,15,18)(H,16,19). The Balaban J connectivity index is 1.85. The lowest BCUT2D eigenvalue weighted by Gasteiger charge is -2.21. The number of nitro benzene ring substituents is 1. The van der Waals surface area contributed by atoms with Crippen LogP contribution in [0.1, 0.15) is 25.7 Å². The Kier molecular flexibility index (Phi) is 4.71. The molecule has 1 aromatic rings. The summed E-state index contributed by atoms with van der Waals surface area (Å²) < 4.78 is 0. The highest BCUT2D eigenvalue weighted by Crippen LogP contribution is 2.28. The number of non-ortho nitro benzene ring substituents is 1. The number of carbonyl (C=O) groups excluding carboxylic acids is 2. The number of nitro groups is 1. The zero-order valence-corrected chi connectivity index (χ0v) is 11.9. The maximum absolute atomic E-state index is 11.7. The summed E-state index contributed by atoms with van der Waals surface area (Å²) in [5.41, 5.74) is -0.750. The van der Waals surface area contributed by atoms with Gasteiger partial charge in [0.25, 0.3) is 5.69 Å². The molecular formula is C14H17N3O5. The lowest BCUT2D eigenvalue weighted by molar-refractivity contribution is -0.384. The number of hydrogen-bond donors (Lipinski definition) is 3. The number of carbonyl (C=O) groups is 2. The predicted octanol–water partition coefficient (Wildman–Crippen LogP) is 0.955. The smallest absolute Gasteiger partial charge is 0.313 e. The summed E-state index contributed by atoms with van der Waals surface area (Å²) in [4.78, 5) is 33.3. The van der Waals surface area contributed by atoms with E-state index in [1.165, 1.54) is 24.3 Å². The minimum Gasteiger partial charge on any atom is -0.388 e. The molecule has 1 aliphatic rings. The molecule has 2 amide bonds. The summed E-state index contributed by atoms with van der Waals surface area (Å²) in [6, 6.07) is 5.14. The SMILES string of the molecule is O=C(NCC1(O)CCCC1)C(=O)Nc1ccc([N+](=O)[O-])cc1. The summed E-state index contributed by atoms with van der Waals surface area (Å²) in [7, 11) is 0. The molecule has 0 bridgehead atoms. The van der Waals surface area contributed by atoms with Crippen LogP contribution in [-0.4, -0.2) is 34.0 Å². The van der Waals surface area contributed by atoms with E-state index in [9.17, 15) is 24.8 Å². The van der Waals surface area contributed by atoms with Crippen molar-refractivity contribution in [3.05, 3.63) is 34.4 Å². The van der Waals surface area contributed by atoms with Crippen LogP contribution >= 0.6 is 0 Å². The van der Waals surface area contributed by atoms with Crippen molar-refractivity contribution in [1.82, 2.24) is 5.32 Å². The summed E-state index contributed by atoms with van der Waals surface area (Å²) >= 11 is 0. The van der Waals surface area contributed by atoms with E-state index in [0.29, 0.717) is 12.8 Å². The van der Waals surface area contributed by atoms with Crippen molar-refractivity contribution >= 4 is 23.2 Å². The summed E-state index contributed by atoms with van der Waals surface area (Å²) in [6.07, 6.45) is 3.03. The van der Waals surface area contributed by atoms with Gasteiger partial charge in [-0.1, -0.05) is 12.8 Å². The Bertz CT molecular complexity index is 579. The van der Waals surface area contributed by atoms with Crippen molar-refractivity contribution in [2.24, 2.45) is 0 Å². The molecule has 0 unspecified atom stereocenters. The van der Waals surface area contributed by atoms with Gasteiger partial charge in [0.2, 0.25) is 0 Å². The van der Waals surface area contributed by atoms with Gasteiger partial charge in [-0.25, -0.2) is 0 Å². The maximum Gasteiger partial charge on any atom is 0.313 e. The highest BCUT2D eigenvalue weighted by atomic mass is 16.6. The highest BCUT2D eigenvalue weighted by molar-refractivity contribution is 6.39. The minimum absolute atomic E-state index is 0.0412. The molecule has 22 heavy (non-hydrogen) atoms. The van der Waals surface area contributed by atoms with Gasteiger partial charge in [-0.05, 0) is 25.0 Å². The van der Waals surface area contributed by atoms with Crippen molar-refractivity contribution in [3.63, 3.8) is 0 Å². The van der Waals surface area contributed by atoms with E-state index < -0.39 is 22.3 Å². The third kappa shape index (κ3) is 4.01. The molecule has 0 spiro atoms. The molecule has 0 radical (unpaired) electrons. The van der Waals surface area contributed by atoms with Gasteiger partial charge in [-0.15, -0.1) is 0 Å². The van der Waals surface area contributed by atoms with E-state index in [-0.39, 0.29) is 17.9 Å². The fourth-order valence-corrected chi connectivity index (χ4v) is 2.39. The highest BCUT2D eigenvalue weighted by Gasteiger charge is 2.32. The number of nitrogens with one attached hydrogen (secondary N) is 2. The molecule has 2 rings (SSSR count). The third-order valence-electron chi connectivity index (χ3n) is 3.65. The summed E-state index contributed by atoms with van der Waals surface area (Å²) in [6.45, 7) is 0.0412. The Morgan fingerprint density at radius 2 is 1.77 bits per heavy atom. The van der Waals surface area contributed by atoms with Crippen LogP contribution in [0.3, 0.4) is 0 Å². The van der Waals surface area contributed by atoms with E-state index >= 15 is 0 Å². The molecule has 0 atom stereocenters. The lowest BCUT2D eigenvalue weighted by Crippen LogP contribution is -2.44. The predicted molar refractivity (Wildman–Crippen MR) is 78.2 cm³/mol. The van der Waals surface area contributed by atoms with Crippen molar-refractivity contribution in [2.45, 2.75) is 31.3 Å². The van der Waals surface area contributed by atoms with Gasteiger partial charge in [0.05, 0.1) is 10.5 Å². The van der Waals surface area contributed by atoms with E-state index in [1.807, 2.05) is 0 Å². The van der Waals surface area contributed by atoms with Crippen LogP contribution in [0.25, 0.3) is 0 Å². The zero-order valence-electron chi connectivity index (χ0n) is 11.9. The number of nitrogens with zero attached hydrogens (tertiary/aromatic N) is 1. The van der Waals surface area contributed by atoms with E-state index in [2.05, 4.69) is 10.6 Å². The molecule has 1 aromatic carbocycles. The van der Waals surface area contributed by atoms with Gasteiger partial charge < -0.3 is 15.7 Å². The van der Waals surface area contributed by atoms with E-state index in [1.54, 1.807) is 0 Å². The molecule has 8 heteroatoms. The molecule has 1 aliphatic carbocycles. The number of benzene rings is 1. The molecule has 8 nitrogen and oxygen atoms in total. The van der Waals surface area contributed by atoms with Crippen LogP contribution in [-0.2, 0) is 9.59 Å². The first-order valence-corrected chi connectivity index (χ1v) is 6.96. The van der Waals surface area contributed by atoms with Gasteiger partial charge in [0.15, 0.2) is 0 Å². The number of aliphatic hydroxyl groups is 1. The second-order valence-electron chi connectivity index (χ2n) is 5.37. The Morgan fingerprint density at radius 1 is 1.18 bits per heavy atom. The number of rotatable bonds is 4. The third-order valence-corrected chi connectivity index (χ3v) is 3.65. The molecule has 3 N–H and O–H groups in total. The van der Waals surface area contributed by atoms with Crippen LogP contribution in [0.4, 0.5) is 11.4 Å². The molecule has 1 saturated carbocycles. The monoisotopic (exact) mass is 307 g/mol. The number of hydrogen-bond acceptors (Lipinski definition) is 5. The quantitative estimate of drug-likeness (QED) is 0.434. The minimum atomic E-state index is -0.927. The van der Waals surface area contributed by atoms with Crippen LogP contribution in [0.5, 0.6) is 0 Å². The van der Waals surface area contributed by atoms with E-state index in [0.717, 1.165) is 12.8 Å². The topological polar surface area (TPSA) is 122 Å². The maximum atomic E-state index is 11.7. The van der Waals surface area contributed by atoms with Crippen molar-refractivity contribution in [2.75, 3.05) is 11.9 Å². The van der Waals surface area contributed by atoms with Crippen molar-refractivity contribution in [1.29, 1.82) is 0 Å². The van der Waals surface area contributed by atoms with E-state index in [4.69, 9.17) is 0 Å². The summed E-state index contributed by atoms with van der Waals surface area (Å²) in [5.74, 6) is -1.73. The molecular weight excluding hydrogens is 290 g/mol. The second kappa shape index (κ2) is 6.52. The fraction of sp³-hybridized carbons (Fsp3) is 0.429.